The highest BCUT2D eigenvalue weighted by atomic mass is 32.2. The van der Waals surface area contributed by atoms with Crippen LogP contribution in [0.1, 0.15) is 10.4 Å². The molecule has 0 aromatic heterocycles. The average molecular weight is 436 g/mol. The molecule has 1 N–H and O–H groups in total. The molecule has 0 atom stereocenters. The Balaban J connectivity index is 1.83. The van der Waals surface area contributed by atoms with Crippen molar-refractivity contribution in [2.24, 2.45) is 0 Å². The summed E-state index contributed by atoms with van der Waals surface area (Å²) in [6, 6.07) is 8.59. The second-order valence-electron chi connectivity index (χ2n) is 7.12. The van der Waals surface area contributed by atoms with Crippen molar-refractivity contribution in [2.45, 2.75) is 0 Å². The molecule has 2 aromatic rings. The molecule has 2 aromatic carbocycles. The Morgan fingerprint density at radius 2 is 1.87 bits per heavy atom. The lowest BCUT2D eigenvalue weighted by Gasteiger charge is -2.29. The fourth-order valence-electron chi connectivity index (χ4n) is 3.18. The monoisotopic (exact) mass is 436 g/mol. The van der Waals surface area contributed by atoms with Crippen LogP contribution in [-0.2, 0) is 9.84 Å². The van der Waals surface area contributed by atoms with E-state index in [2.05, 4.69) is 5.32 Å². The number of nitrogens with zero attached hydrogens (tertiary/aromatic N) is 3. The van der Waals surface area contributed by atoms with Crippen molar-refractivity contribution in [3.8, 4) is 0 Å². The molecule has 11 heteroatoms. The zero-order valence-electron chi connectivity index (χ0n) is 16.5. The Kier molecular flexibility index (Phi) is 5.92. The minimum atomic E-state index is -3.03. The van der Waals surface area contributed by atoms with E-state index in [1.54, 1.807) is 38.4 Å². The van der Waals surface area contributed by atoms with Crippen LogP contribution in [0, 0.1) is 15.9 Å². The van der Waals surface area contributed by atoms with E-state index in [0.717, 1.165) is 17.8 Å². The van der Waals surface area contributed by atoms with Crippen LogP contribution in [-0.4, -0.2) is 57.9 Å². The summed E-state index contributed by atoms with van der Waals surface area (Å²) in [7, 11) is 0.0550. The molecule has 0 saturated carbocycles. The summed E-state index contributed by atoms with van der Waals surface area (Å²) in [6.07, 6.45) is 0. The molecule has 0 spiro atoms. The minimum Gasteiger partial charge on any atom is -0.372 e. The van der Waals surface area contributed by atoms with Gasteiger partial charge in [-0.2, -0.15) is 0 Å². The molecular formula is C19H21FN4O5S. The van der Waals surface area contributed by atoms with Crippen LogP contribution in [0.15, 0.2) is 36.4 Å². The summed E-state index contributed by atoms with van der Waals surface area (Å²) >= 11 is 0. The summed E-state index contributed by atoms with van der Waals surface area (Å²) in [5.41, 5.74) is 0.314. The molecule has 1 aliphatic rings. The number of carbonyl (C=O) groups excluding carboxylic acids is 1. The lowest BCUT2D eigenvalue weighted by atomic mass is 10.1. The van der Waals surface area contributed by atoms with Gasteiger partial charge in [-0.1, -0.05) is 6.07 Å². The Morgan fingerprint density at radius 1 is 1.20 bits per heavy atom. The van der Waals surface area contributed by atoms with E-state index < -0.39 is 32.0 Å². The van der Waals surface area contributed by atoms with Crippen LogP contribution < -0.4 is 15.1 Å². The van der Waals surface area contributed by atoms with Crippen LogP contribution in [0.4, 0.5) is 27.1 Å². The number of anilines is 3. The standard InChI is InChI=1S/C19H21FN4O5S/c1-22(2)17-12-16(20)15(11-18(17)24(26)27)19(25)21-13-4-3-5-14(10-13)23-6-8-30(28,29)9-7-23/h3-5,10-12H,6-9H2,1-2H3,(H,21,25). The zero-order valence-corrected chi connectivity index (χ0v) is 17.3. The van der Waals surface area contributed by atoms with Gasteiger partial charge in [0, 0.05) is 50.7 Å². The van der Waals surface area contributed by atoms with E-state index in [1.165, 1.54) is 4.90 Å². The van der Waals surface area contributed by atoms with Crippen molar-refractivity contribution in [3.63, 3.8) is 0 Å². The predicted molar refractivity (Wildman–Crippen MR) is 113 cm³/mol. The second kappa shape index (κ2) is 8.27. The van der Waals surface area contributed by atoms with E-state index in [9.17, 15) is 27.7 Å². The average Bonchev–Trinajstić information content (AvgIpc) is 2.67. The quantitative estimate of drug-likeness (QED) is 0.565. The van der Waals surface area contributed by atoms with Crippen LogP contribution in [0.25, 0.3) is 0 Å². The molecular weight excluding hydrogens is 415 g/mol. The van der Waals surface area contributed by atoms with Crippen molar-refractivity contribution >= 4 is 38.5 Å². The number of nitrogens with one attached hydrogen (secondary N) is 1. The number of hydrogen-bond donors (Lipinski definition) is 1. The molecule has 0 aliphatic carbocycles. The number of nitro groups is 1. The summed E-state index contributed by atoms with van der Waals surface area (Å²) < 4.78 is 37.7. The molecule has 30 heavy (non-hydrogen) atoms. The molecule has 3 rings (SSSR count). The molecule has 0 bridgehead atoms. The van der Waals surface area contributed by atoms with Crippen molar-refractivity contribution in [1.29, 1.82) is 0 Å². The van der Waals surface area contributed by atoms with Crippen LogP contribution in [0.2, 0.25) is 0 Å². The Hall–Kier alpha value is -3.21. The largest absolute Gasteiger partial charge is 0.372 e. The molecule has 0 radical (unpaired) electrons. The highest BCUT2D eigenvalue weighted by Gasteiger charge is 2.24. The highest BCUT2D eigenvalue weighted by Crippen LogP contribution is 2.30. The lowest BCUT2D eigenvalue weighted by molar-refractivity contribution is -0.384. The highest BCUT2D eigenvalue weighted by molar-refractivity contribution is 7.91. The van der Waals surface area contributed by atoms with Gasteiger partial charge in [0.15, 0.2) is 9.84 Å². The van der Waals surface area contributed by atoms with Crippen LogP contribution >= 0.6 is 0 Å². The van der Waals surface area contributed by atoms with Gasteiger partial charge in [0.2, 0.25) is 0 Å². The Morgan fingerprint density at radius 3 is 2.47 bits per heavy atom. The first-order valence-corrected chi connectivity index (χ1v) is 10.9. The maximum atomic E-state index is 14.5. The zero-order chi connectivity index (χ0) is 22.1. The van der Waals surface area contributed by atoms with Gasteiger partial charge in [0.25, 0.3) is 11.6 Å². The van der Waals surface area contributed by atoms with Crippen LogP contribution in [0.5, 0.6) is 0 Å². The van der Waals surface area contributed by atoms with Gasteiger partial charge in [-0.05, 0) is 18.2 Å². The van der Waals surface area contributed by atoms with E-state index in [0.29, 0.717) is 18.8 Å². The molecule has 1 saturated heterocycles. The number of rotatable bonds is 5. The van der Waals surface area contributed by atoms with E-state index in [1.807, 2.05) is 4.90 Å². The van der Waals surface area contributed by atoms with Gasteiger partial charge in [-0.25, -0.2) is 12.8 Å². The third-order valence-corrected chi connectivity index (χ3v) is 6.41. The van der Waals surface area contributed by atoms with Crippen molar-refractivity contribution in [2.75, 3.05) is 53.8 Å². The number of amides is 1. The van der Waals surface area contributed by atoms with Gasteiger partial charge in [0.1, 0.15) is 11.5 Å². The molecule has 1 amide bonds. The lowest BCUT2D eigenvalue weighted by Crippen LogP contribution is -2.40. The second-order valence-corrected chi connectivity index (χ2v) is 9.42. The number of carbonyl (C=O) groups is 1. The maximum Gasteiger partial charge on any atom is 0.293 e. The van der Waals surface area contributed by atoms with Crippen molar-refractivity contribution in [3.05, 3.63) is 57.9 Å². The fraction of sp³-hybridized carbons (Fsp3) is 0.316. The van der Waals surface area contributed by atoms with Gasteiger partial charge in [0.05, 0.1) is 22.0 Å². The van der Waals surface area contributed by atoms with Gasteiger partial charge >= 0.3 is 0 Å². The smallest absolute Gasteiger partial charge is 0.293 e. The van der Waals surface area contributed by atoms with Crippen molar-refractivity contribution in [1.82, 2.24) is 0 Å². The summed E-state index contributed by atoms with van der Waals surface area (Å²) in [5.74, 6) is -1.59. The number of hydrogen-bond acceptors (Lipinski definition) is 7. The Bertz CT molecular complexity index is 1090. The first kappa shape index (κ1) is 21.5. The maximum absolute atomic E-state index is 14.5. The van der Waals surface area contributed by atoms with Crippen molar-refractivity contribution < 1.29 is 22.5 Å². The van der Waals surface area contributed by atoms with Crippen LogP contribution in [0.3, 0.4) is 0 Å². The summed E-state index contributed by atoms with van der Waals surface area (Å²) in [5, 5.41) is 13.9. The summed E-state index contributed by atoms with van der Waals surface area (Å²) in [4.78, 5) is 26.5. The fourth-order valence-corrected chi connectivity index (χ4v) is 4.38. The van der Waals surface area contributed by atoms with Gasteiger partial charge in [-0.3, -0.25) is 14.9 Å². The molecule has 1 fully saturated rings. The van der Waals surface area contributed by atoms with E-state index in [4.69, 9.17) is 0 Å². The first-order chi connectivity index (χ1) is 14.1. The third kappa shape index (κ3) is 4.67. The van der Waals surface area contributed by atoms with E-state index >= 15 is 0 Å². The Labute approximate surface area is 173 Å². The SMILES string of the molecule is CN(C)c1cc(F)c(C(=O)Nc2cccc(N3CCS(=O)(=O)CC3)c2)cc1[N+](=O)[O-]. The number of halogens is 1. The van der Waals surface area contributed by atoms with Gasteiger partial charge in [-0.15, -0.1) is 0 Å². The number of sulfone groups is 1. The molecule has 1 aliphatic heterocycles. The molecule has 0 unspecified atom stereocenters. The first-order valence-electron chi connectivity index (χ1n) is 9.09. The predicted octanol–water partition coefficient (Wildman–Crippen LogP) is 2.29. The number of nitro benzene ring substituents is 1. The normalized spacial score (nSPS) is 15.5. The topological polar surface area (TPSA) is 113 Å². The molecule has 160 valence electrons. The minimum absolute atomic E-state index is 0.0519. The third-order valence-electron chi connectivity index (χ3n) is 4.80. The molecule has 9 nitrogen and oxygen atoms in total. The van der Waals surface area contributed by atoms with Gasteiger partial charge < -0.3 is 15.1 Å². The summed E-state index contributed by atoms with van der Waals surface area (Å²) in [6.45, 7) is 0.680. The molecule has 1 heterocycles. The number of benzene rings is 2. The van der Waals surface area contributed by atoms with E-state index in [-0.39, 0.29) is 22.9 Å².